The van der Waals surface area contributed by atoms with Crippen molar-refractivity contribution in [3.05, 3.63) is 0 Å². The van der Waals surface area contributed by atoms with Gasteiger partial charge in [0.1, 0.15) is 0 Å². The SMILES string of the molecule is CCCCCCCCCCCCCC(=O)NC(=S)NC(C)(C)CC. The van der Waals surface area contributed by atoms with E-state index in [0.717, 1.165) is 19.3 Å². The highest BCUT2D eigenvalue weighted by molar-refractivity contribution is 7.80. The third kappa shape index (κ3) is 14.9. The van der Waals surface area contributed by atoms with Crippen molar-refractivity contribution in [2.24, 2.45) is 0 Å². The van der Waals surface area contributed by atoms with Gasteiger partial charge in [-0.05, 0) is 38.9 Å². The minimum absolute atomic E-state index is 0.0373. The third-order valence-corrected chi connectivity index (χ3v) is 4.80. The van der Waals surface area contributed by atoms with Gasteiger partial charge < -0.3 is 10.6 Å². The molecule has 0 unspecified atom stereocenters. The minimum atomic E-state index is -0.0685. The first-order valence-electron chi connectivity index (χ1n) is 10.0. The van der Waals surface area contributed by atoms with Crippen LogP contribution >= 0.6 is 12.2 Å². The molecule has 0 radical (unpaired) electrons. The standard InChI is InChI=1S/C20H40N2OS/c1-5-7-8-9-10-11-12-13-14-15-16-17-18(23)21-19(24)22-20(3,4)6-2/h5-17H2,1-4H3,(H2,21,22,23,24). The molecule has 0 aromatic carbocycles. The molecule has 0 heterocycles. The average Bonchev–Trinajstić information content (AvgIpc) is 2.52. The van der Waals surface area contributed by atoms with Crippen molar-refractivity contribution in [1.82, 2.24) is 10.6 Å². The Morgan fingerprint density at radius 3 is 1.75 bits per heavy atom. The summed E-state index contributed by atoms with van der Waals surface area (Å²) in [7, 11) is 0. The molecule has 0 bridgehead atoms. The first-order chi connectivity index (χ1) is 11.4. The Labute approximate surface area is 155 Å². The highest BCUT2D eigenvalue weighted by Gasteiger charge is 2.16. The maximum absolute atomic E-state index is 11.8. The molecule has 4 heteroatoms. The van der Waals surface area contributed by atoms with Gasteiger partial charge in [-0.25, -0.2) is 0 Å². The number of unbranched alkanes of at least 4 members (excludes halogenated alkanes) is 10. The smallest absolute Gasteiger partial charge is 0.226 e. The minimum Gasteiger partial charge on any atom is -0.358 e. The quantitative estimate of drug-likeness (QED) is 0.302. The number of nitrogens with one attached hydrogen (secondary N) is 2. The van der Waals surface area contributed by atoms with Crippen LogP contribution in [0.2, 0.25) is 0 Å². The van der Waals surface area contributed by atoms with E-state index in [1.807, 2.05) is 0 Å². The summed E-state index contributed by atoms with van der Waals surface area (Å²) in [6, 6.07) is 0. The number of rotatable bonds is 14. The lowest BCUT2D eigenvalue weighted by Crippen LogP contribution is -2.49. The fourth-order valence-electron chi connectivity index (χ4n) is 2.57. The van der Waals surface area contributed by atoms with Crippen molar-refractivity contribution < 1.29 is 4.79 Å². The molecule has 0 fully saturated rings. The maximum atomic E-state index is 11.8. The van der Waals surface area contributed by atoms with Gasteiger partial charge in [0, 0.05) is 12.0 Å². The number of thiocarbonyl (C=S) groups is 1. The number of carbonyl (C=O) groups excluding carboxylic acids is 1. The molecule has 0 aliphatic rings. The predicted molar refractivity (Wildman–Crippen MR) is 109 cm³/mol. The van der Waals surface area contributed by atoms with Crippen LogP contribution in [0, 0.1) is 0 Å². The molecule has 2 N–H and O–H groups in total. The van der Waals surface area contributed by atoms with Gasteiger partial charge in [-0.1, -0.05) is 78.1 Å². The average molecular weight is 357 g/mol. The molecule has 0 aliphatic heterocycles. The zero-order chi connectivity index (χ0) is 18.3. The van der Waals surface area contributed by atoms with E-state index in [2.05, 4.69) is 38.3 Å². The Morgan fingerprint density at radius 1 is 0.833 bits per heavy atom. The van der Waals surface area contributed by atoms with E-state index in [1.54, 1.807) is 0 Å². The Bertz CT molecular complexity index is 343. The topological polar surface area (TPSA) is 41.1 Å². The molecule has 0 rings (SSSR count). The van der Waals surface area contributed by atoms with Gasteiger partial charge in [-0.15, -0.1) is 0 Å². The number of carbonyl (C=O) groups is 1. The van der Waals surface area contributed by atoms with Crippen LogP contribution in [0.15, 0.2) is 0 Å². The van der Waals surface area contributed by atoms with Crippen LogP contribution in [0.25, 0.3) is 0 Å². The monoisotopic (exact) mass is 356 g/mol. The second-order valence-corrected chi connectivity index (χ2v) is 7.93. The second-order valence-electron chi connectivity index (χ2n) is 7.53. The normalized spacial score (nSPS) is 11.3. The summed E-state index contributed by atoms with van der Waals surface area (Å²) in [5.74, 6) is 0.0373. The Hall–Kier alpha value is -0.640. The number of amides is 1. The molecule has 1 amide bonds. The van der Waals surface area contributed by atoms with Gasteiger partial charge in [-0.2, -0.15) is 0 Å². The molecule has 0 spiro atoms. The van der Waals surface area contributed by atoms with E-state index in [9.17, 15) is 4.79 Å². The van der Waals surface area contributed by atoms with Gasteiger partial charge in [-0.3, -0.25) is 4.79 Å². The van der Waals surface area contributed by atoms with Gasteiger partial charge in [0.25, 0.3) is 0 Å². The summed E-state index contributed by atoms with van der Waals surface area (Å²) in [5, 5.41) is 6.42. The number of hydrogen-bond acceptors (Lipinski definition) is 2. The lowest BCUT2D eigenvalue weighted by Gasteiger charge is -2.26. The molecule has 0 aromatic rings. The van der Waals surface area contributed by atoms with Crippen LogP contribution in [0.1, 0.15) is 111 Å². The fourth-order valence-corrected chi connectivity index (χ4v) is 2.96. The zero-order valence-corrected chi connectivity index (χ0v) is 17.3. The van der Waals surface area contributed by atoms with Crippen molar-refractivity contribution in [2.45, 2.75) is 117 Å². The van der Waals surface area contributed by atoms with Crippen molar-refractivity contribution in [2.75, 3.05) is 0 Å². The highest BCUT2D eigenvalue weighted by Crippen LogP contribution is 2.12. The summed E-state index contributed by atoms with van der Waals surface area (Å²) >= 11 is 5.19. The van der Waals surface area contributed by atoms with E-state index in [0.29, 0.717) is 11.5 Å². The van der Waals surface area contributed by atoms with Crippen LogP contribution < -0.4 is 10.6 Å². The Balaban J connectivity index is 3.45. The summed E-state index contributed by atoms with van der Waals surface area (Å²) in [6.45, 7) is 8.52. The molecule has 3 nitrogen and oxygen atoms in total. The van der Waals surface area contributed by atoms with Crippen molar-refractivity contribution in [3.63, 3.8) is 0 Å². The molecular formula is C20H40N2OS. The van der Waals surface area contributed by atoms with Crippen molar-refractivity contribution in [1.29, 1.82) is 0 Å². The summed E-state index contributed by atoms with van der Waals surface area (Å²) in [5.41, 5.74) is -0.0685. The van der Waals surface area contributed by atoms with Crippen LogP contribution in [-0.2, 0) is 4.79 Å². The fraction of sp³-hybridized carbons (Fsp3) is 0.900. The van der Waals surface area contributed by atoms with Crippen molar-refractivity contribution in [3.8, 4) is 0 Å². The van der Waals surface area contributed by atoms with Gasteiger partial charge in [0.05, 0.1) is 0 Å². The van der Waals surface area contributed by atoms with Crippen LogP contribution in [0.5, 0.6) is 0 Å². The molecule has 0 atom stereocenters. The maximum Gasteiger partial charge on any atom is 0.226 e. The summed E-state index contributed by atoms with van der Waals surface area (Å²) in [6.07, 6.45) is 15.8. The number of hydrogen-bond donors (Lipinski definition) is 2. The third-order valence-electron chi connectivity index (χ3n) is 4.60. The summed E-state index contributed by atoms with van der Waals surface area (Å²) < 4.78 is 0. The first-order valence-corrected chi connectivity index (χ1v) is 10.4. The van der Waals surface area contributed by atoms with Gasteiger partial charge >= 0.3 is 0 Å². The van der Waals surface area contributed by atoms with Crippen LogP contribution in [0.3, 0.4) is 0 Å². The largest absolute Gasteiger partial charge is 0.358 e. The lowest BCUT2D eigenvalue weighted by atomic mass is 10.0. The molecular weight excluding hydrogens is 316 g/mol. The lowest BCUT2D eigenvalue weighted by molar-refractivity contribution is -0.119. The van der Waals surface area contributed by atoms with E-state index in [1.165, 1.54) is 57.8 Å². The van der Waals surface area contributed by atoms with E-state index in [-0.39, 0.29) is 11.4 Å². The first kappa shape index (κ1) is 23.4. The molecule has 24 heavy (non-hydrogen) atoms. The Kier molecular flexibility index (Phi) is 14.3. The highest BCUT2D eigenvalue weighted by atomic mass is 32.1. The summed E-state index contributed by atoms with van der Waals surface area (Å²) in [4.78, 5) is 11.8. The molecule has 0 aliphatic carbocycles. The van der Waals surface area contributed by atoms with Crippen LogP contribution in [-0.4, -0.2) is 16.6 Å². The van der Waals surface area contributed by atoms with Crippen molar-refractivity contribution >= 4 is 23.2 Å². The van der Waals surface area contributed by atoms with Gasteiger partial charge in [0.15, 0.2) is 5.11 Å². The molecule has 142 valence electrons. The molecule has 0 aromatic heterocycles. The van der Waals surface area contributed by atoms with E-state index >= 15 is 0 Å². The predicted octanol–water partition coefficient (Wildman–Crippen LogP) is 5.87. The second kappa shape index (κ2) is 14.7. The molecule has 0 saturated heterocycles. The Morgan fingerprint density at radius 2 is 1.29 bits per heavy atom. The van der Waals surface area contributed by atoms with E-state index in [4.69, 9.17) is 12.2 Å². The molecule has 0 saturated carbocycles. The zero-order valence-electron chi connectivity index (χ0n) is 16.5. The van der Waals surface area contributed by atoms with Crippen LogP contribution in [0.4, 0.5) is 0 Å². The van der Waals surface area contributed by atoms with Gasteiger partial charge in [0.2, 0.25) is 5.91 Å². The van der Waals surface area contributed by atoms with E-state index < -0.39 is 0 Å².